The van der Waals surface area contributed by atoms with Gasteiger partial charge in [-0.05, 0) is 18.8 Å². The number of nitrogens with one attached hydrogen (secondary N) is 3. The molecule has 0 aliphatic carbocycles. The van der Waals surface area contributed by atoms with Gasteiger partial charge >= 0.3 is 17.9 Å². The SMILES string of the molecule is CC(C)C(NC(=O)C(CCC(=O)O)NC(=O)C(N)CCC(=O)O)C(=O)NC(CS)C(=O)O. The Morgan fingerprint density at radius 3 is 1.72 bits per heavy atom. The molecule has 0 fully saturated rings. The van der Waals surface area contributed by atoms with Gasteiger partial charge in [0.05, 0.1) is 6.04 Å². The van der Waals surface area contributed by atoms with Gasteiger partial charge in [-0.25, -0.2) is 4.79 Å². The molecular formula is C18H30N4O9S. The summed E-state index contributed by atoms with van der Waals surface area (Å²) in [6.07, 6.45) is -1.39. The van der Waals surface area contributed by atoms with Crippen LogP contribution in [-0.2, 0) is 28.8 Å². The zero-order valence-electron chi connectivity index (χ0n) is 17.7. The molecule has 0 spiro atoms. The Labute approximate surface area is 189 Å². The van der Waals surface area contributed by atoms with Crippen molar-refractivity contribution in [2.75, 3.05) is 5.75 Å². The number of amides is 3. The molecule has 3 amide bonds. The van der Waals surface area contributed by atoms with Crippen LogP contribution in [0.15, 0.2) is 0 Å². The molecule has 0 bridgehead atoms. The van der Waals surface area contributed by atoms with Crippen LogP contribution in [0.25, 0.3) is 0 Å². The average molecular weight is 479 g/mol. The molecule has 182 valence electrons. The highest BCUT2D eigenvalue weighted by atomic mass is 32.1. The topological polar surface area (TPSA) is 225 Å². The summed E-state index contributed by atoms with van der Waals surface area (Å²) < 4.78 is 0. The standard InChI is InChI=1S/C18H30N4O9S/c1-8(2)14(17(29)21-11(7-32)18(30)31)22-16(28)10(4-6-13(25)26)20-15(27)9(19)3-5-12(23)24/h8-11,14,32H,3-7,19H2,1-2H3,(H,20,27)(H,21,29)(H,22,28)(H,23,24)(H,25,26)(H,30,31). The van der Waals surface area contributed by atoms with E-state index in [2.05, 4.69) is 28.6 Å². The summed E-state index contributed by atoms with van der Waals surface area (Å²) in [6.45, 7) is 3.18. The molecule has 0 heterocycles. The van der Waals surface area contributed by atoms with Crippen LogP contribution < -0.4 is 21.7 Å². The molecule has 14 heteroatoms. The first-order valence-electron chi connectivity index (χ1n) is 9.74. The van der Waals surface area contributed by atoms with Gasteiger partial charge in [0.2, 0.25) is 17.7 Å². The number of carbonyl (C=O) groups excluding carboxylic acids is 3. The molecule has 4 unspecified atom stereocenters. The monoisotopic (exact) mass is 478 g/mol. The van der Waals surface area contributed by atoms with E-state index in [0.717, 1.165) is 0 Å². The lowest BCUT2D eigenvalue weighted by Crippen LogP contribution is -2.58. The van der Waals surface area contributed by atoms with Crippen molar-refractivity contribution >= 4 is 48.3 Å². The number of carboxylic acids is 3. The third-order valence-electron chi connectivity index (χ3n) is 4.33. The average Bonchev–Trinajstić information content (AvgIpc) is 2.69. The van der Waals surface area contributed by atoms with Crippen molar-refractivity contribution in [2.45, 2.75) is 63.7 Å². The van der Waals surface area contributed by atoms with Gasteiger partial charge < -0.3 is 37.0 Å². The molecule has 0 saturated carbocycles. The fourth-order valence-corrected chi connectivity index (χ4v) is 2.71. The Hall–Kier alpha value is -2.87. The van der Waals surface area contributed by atoms with Crippen LogP contribution in [0.2, 0.25) is 0 Å². The maximum absolute atomic E-state index is 12.7. The van der Waals surface area contributed by atoms with Gasteiger partial charge in [0.15, 0.2) is 0 Å². The Morgan fingerprint density at radius 1 is 0.781 bits per heavy atom. The summed E-state index contributed by atoms with van der Waals surface area (Å²) >= 11 is 3.85. The second-order valence-corrected chi connectivity index (χ2v) is 7.71. The quantitative estimate of drug-likeness (QED) is 0.123. The summed E-state index contributed by atoms with van der Waals surface area (Å²) in [4.78, 5) is 70.1. The smallest absolute Gasteiger partial charge is 0.327 e. The lowest BCUT2D eigenvalue weighted by Gasteiger charge is -2.26. The summed E-state index contributed by atoms with van der Waals surface area (Å²) in [5.41, 5.74) is 5.62. The number of aliphatic carboxylic acids is 3. The van der Waals surface area contributed by atoms with Crippen LogP contribution in [0.1, 0.15) is 39.5 Å². The van der Waals surface area contributed by atoms with Crippen LogP contribution in [0.5, 0.6) is 0 Å². The van der Waals surface area contributed by atoms with E-state index in [4.69, 9.17) is 21.1 Å². The second-order valence-electron chi connectivity index (χ2n) is 7.34. The van der Waals surface area contributed by atoms with Crippen molar-refractivity contribution in [1.82, 2.24) is 16.0 Å². The second kappa shape index (κ2) is 14.2. The van der Waals surface area contributed by atoms with Crippen molar-refractivity contribution < 1.29 is 44.1 Å². The summed E-state index contributed by atoms with van der Waals surface area (Å²) in [5.74, 6) is -6.92. The molecule has 0 aliphatic rings. The minimum absolute atomic E-state index is 0.189. The number of carboxylic acid groups (broad SMARTS) is 3. The molecule has 0 radical (unpaired) electrons. The number of hydrogen-bond acceptors (Lipinski definition) is 8. The van der Waals surface area contributed by atoms with Gasteiger partial charge in [0, 0.05) is 18.6 Å². The van der Waals surface area contributed by atoms with Crippen molar-refractivity contribution in [1.29, 1.82) is 0 Å². The predicted octanol–water partition coefficient (Wildman–Crippen LogP) is -1.83. The largest absolute Gasteiger partial charge is 0.481 e. The van der Waals surface area contributed by atoms with E-state index in [1.165, 1.54) is 0 Å². The molecule has 13 nitrogen and oxygen atoms in total. The molecule has 0 aliphatic heterocycles. The first kappa shape index (κ1) is 29.1. The highest BCUT2D eigenvalue weighted by Crippen LogP contribution is 2.07. The van der Waals surface area contributed by atoms with E-state index < -0.39 is 72.1 Å². The van der Waals surface area contributed by atoms with Crippen LogP contribution in [-0.4, -0.2) is 80.9 Å². The fourth-order valence-electron chi connectivity index (χ4n) is 2.46. The summed E-state index contributed by atoms with van der Waals surface area (Å²) in [5, 5.41) is 33.6. The summed E-state index contributed by atoms with van der Waals surface area (Å²) in [7, 11) is 0. The molecule has 4 atom stereocenters. The maximum atomic E-state index is 12.7. The molecule has 8 N–H and O–H groups in total. The molecular weight excluding hydrogens is 448 g/mol. The lowest BCUT2D eigenvalue weighted by atomic mass is 10.0. The van der Waals surface area contributed by atoms with Crippen molar-refractivity contribution in [3.63, 3.8) is 0 Å². The first-order valence-corrected chi connectivity index (χ1v) is 10.4. The number of carbonyl (C=O) groups is 6. The van der Waals surface area contributed by atoms with Gasteiger partial charge in [0.25, 0.3) is 0 Å². The Morgan fingerprint density at radius 2 is 1.28 bits per heavy atom. The Bertz CT molecular complexity index is 717. The molecule has 32 heavy (non-hydrogen) atoms. The maximum Gasteiger partial charge on any atom is 0.327 e. The van der Waals surface area contributed by atoms with E-state index in [1.54, 1.807) is 13.8 Å². The van der Waals surface area contributed by atoms with Crippen molar-refractivity contribution in [2.24, 2.45) is 11.7 Å². The van der Waals surface area contributed by atoms with Crippen LogP contribution >= 0.6 is 12.6 Å². The van der Waals surface area contributed by atoms with Gasteiger partial charge in [-0.3, -0.25) is 24.0 Å². The Balaban J connectivity index is 5.38. The van der Waals surface area contributed by atoms with Crippen molar-refractivity contribution in [3.05, 3.63) is 0 Å². The molecule has 0 aromatic carbocycles. The van der Waals surface area contributed by atoms with E-state index in [-0.39, 0.29) is 25.0 Å². The van der Waals surface area contributed by atoms with Gasteiger partial charge in [0.1, 0.15) is 18.1 Å². The van der Waals surface area contributed by atoms with Gasteiger partial charge in [-0.1, -0.05) is 13.8 Å². The van der Waals surface area contributed by atoms with Gasteiger partial charge in [-0.2, -0.15) is 12.6 Å². The van der Waals surface area contributed by atoms with Crippen molar-refractivity contribution in [3.8, 4) is 0 Å². The molecule has 0 saturated heterocycles. The normalized spacial score (nSPS) is 14.5. The van der Waals surface area contributed by atoms with E-state index in [9.17, 15) is 28.8 Å². The summed E-state index contributed by atoms with van der Waals surface area (Å²) in [6, 6.07) is -5.10. The van der Waals surface area contributed by atoms with Crippen LogP contribution in [0, 0.1) is 5.92 Å². The van der Waals surface area contributed by atoms with Gasteiger partial charge in [-0.15, -0.1) is 0 Å². The predicted molar refractivity (Wildman–Crippen MR) is 114 cm³/mol. The fraction of sp³-hybridized carbons (Fsp3) is 0.667. The minimum atomic E-state index is -1.37. The van der Waals surface area contributed by atoms with Crippen LogP contribution in [0.4, 0.5) is 0 Å². The molecule has 0 aromatic rings. The highest BCUT2D eigenvalue weighted by Gasteiger charge is 2.31. The number of nitrogens with two attached hydrogens (primary N) is 1. The third kappa shape index (κ3) is 10.9. The van der Waals surface area contributed by atoms with E-state index in [0.29, 0.717) is 0 Å². The minimum Gasteiger partial charge on any atom is -0.481 e. The Kier molecular flexibility index (Phi) is 13.0. The van der Waals surface area contributed by atoms with Crippen LogP contribution in [0.3, 0.4) is 0 Å². The zero-order chi connectivity index (χ0) is 25.0. The molecule has 0 rings (SSSR count). The third-order valence-corrected chi connectivity index (χ3v) is 4.70. The highest BCUT2D eigenvalue weighted by molar-refractivity contribution is 7.80. The van der Waals surface area contributed by atoms with E-state index >= 15 is 0 Å². The first-order chi connectivity index (χ1) is 14.8. The van der Waals surface area contributed by atoms with E-state index in [1.807, 2.05) is 0 Å². The lowest BCUT2D eigenvalue weighted by molar-refractivity contribution is -0.142. The number of thiol groups is 1. The molecule has 0 aromatic heterocycles. The number of rotatable bonds is 15. The number of hydrogen-bond donors (Lipinski definition) is 8. The zero-order valence-corrected chi connectivity index (χ0v) is 18.6.